The van der Waals surface area contributed by atoms with E-state index >= 15 is 0 Å². The van der Waals surface area contributed by atoms with Crippen LogP contribution in [0.3, 0.4) is 0 Å². The molecule has 0 radical (unpaired) electrons. The van der Waals surface area contributed by atoms with E-state index in [4.69, 9.17) is 4.74 Å². The second kappa shape index (κ2) is 8.61. The first-order valence-electron chi connectivity index (χ1n) is 15.9. The van der Waals surface area contributed by atoms with E-state index in [0.717, 1.165) is 17.1 Å². The summed E-state index contributed by atoms with van der Waals surface area (Å²) in [4.78, 5) is 0. The predicted octanol–water partition coefficient (Wildman–Crippen LogP) is 11.3. The van der Waals surface area contributed by atoms with Crippen LogP contribution in [0.5, 0.6) is 11.5 Å². The molecule has 3 aliphatic rings. The number of benzene rings is 7. The third-order valence-electron chi connectivity index (χ3n) is 10.8. The lowest BCUT2D eigenvalue weighted by Gasteiger charge is -2.40. The number of rotatable bonds is 1. The van der Waals surface area contributed by atoms with Crippen molar-refractivity contribution in [3.05, 3.63) is 179 Å². The van der Waals surface area contributed by atoms with Crippen LogP contribution >= 0.6 is 0 Å². The Morgan fingerprint density at radius 3 is 1.89 bits per heavy atom. The predicted molar refractivity (Wildman–Crippen MR) is 184 cm³/mol. The zero-order chi connectivity index (χ0) is 29.9. The van der Waals surface area contributed by atoms with Gasteiger partial charge >= 0.3 is 0 Å². The van der Waals surface area contributed by atoms with Crippen LogP contribution in [0.1, 0.15) is 47.2 Å². The molecule has 1 spiro atoms. The molecule has 7 aromatic rings. The largest absolute Gasteiger partial charge is 0.456 e. The van der Waals surface area contributed by atoms with E-state index in [0.29, 0.717) is 0 Å². The van der Waals surface area contributed by atoms with Crippen LogP contribution in [0.4, 0.5) is 0 Å². The van der Waals surface area contributed by atoms with Crippen molar-refractivity contribution in [3.8, 4) is 44.9 Å². The number of para-hydroxylation sites is 2. The molecule has 45 heavy (non-hydrogen) atoms. The van der Waals surface area contributed by atoms with Crippen LogP contribution in [0.2, 0.25) is 0 Å². The average Bonchev–Trinajstić information content (AvgIpc) is 3.51. The molecule has 0 N–H and O–H groups in total. The summed E-state index contributed by atoms with van der Waals surface area (Å²) in [6.45, 7) is 4.73. The summed E-state index contributed by atoms with van der Waals surface area (Å²) >= 11 is 0. The average molecular weight is 575 g/mol. The fraction of sp³-hybridized carbons (Fsp3) is 0.0909. The summed E-state index contributed by atoms with van der Waals surface area (Å²) in [5.41, 5.74) is 14.8. The molecule has 1 heteroatoms. The molecule has 1 heterocycles. The number of ether oxygens (including phenoxy) is 1. The third-order valence-corrected chi connectivity index (χ3v) is 10.8. The Hall–Kier alpha value is -5.40. The highest BCUT2D eigenvalue weighted by atomic mass is 16.5. The van der Waals surface area contributed by atoms with Crippen molar-refractivity contribution < 1.29 is 4.74 Å². The van der Waals surface area contributed by atoms with Gasteiger partial charge in [-0.25, -0.2) is 0 Å². The van der Waals surface area contributed by atoms with E-state index in [-0.39, 0.29) is 5.41 Å². The van der Waals surface area contributed by atoms with Gasteiger partial charge in [0.25, 0.3) is 0 Å². The molecule has 0 saturated carbocycles. The van der Waals surface area contributed by atoms with E-state index in [1.165, 1.54) is 72.0 Å². The van der Waals surface area contributed by atoms with E-state index in [1.807, 2.05) is 0 Å². The standard InChI is InChI=1S/C44H30O/c1-43(2)37-25-23-27-12-3-4-13-29(27)41(37)33-24-22-28(26-39(33)43)30-16-11-20-38-42(30)45-40-21-10-9-19-36(40)44(38)34-17-7-5-14-31(34)32-15-6-8-18-35(32)44/h3-26H,1-2H3. The minimum absolute atomic E-state index is 0.114. The molecule has 1 nitrogen and oxygen atoms in total. The zero-order valence-corrected chi connectivity index (χ0v) is 25.3. The van der Waals surface area contributed by atoms with Crippen molar-refractivity contribution in [3.63, 3.8) is 0 Å². The topological polar surface area (TPSA) is 9.23 Å². The highest BCUT2D eigenvalue weighted by Gasteiger charge is 2.51. The molecule has 7 aromatic carbocycles. The lowest BCUT2D eigenvalue weighted by atomic mass is 9.65. The zero-order valence-electron chi connectivity index (χ0n) is 25.3. The van der Waals surface area contributed by atoms with E-state index in [2.05, 4.69) is 159 Å². The number of hydrogen-bond acceptors (Lipinski definition) is 1. The molecule has 0 amide bonds. The smallest absolute Gasteiger partial charge is 0.140 e. The number of hydrogen-bond donors (Lipinski definition) is 0. The maximum atomic E-state index is 6.97. The highest BCUT2D eigenvalue weighted by molar-refractivity contribution is 6.03. The Bertz CT molecular complexity index is 2340. The molecular formula is C44H30O. The summed E-state index contributed by atoms with van der Waals surface area (Å²) in [6, 6.07) is 53.6. The first kappa shape index (κ1) is 25.0. The first-order chi connectivity index (χ1) is 22.1. The van der Waals surface area contributed by atoms with Gasteiger partial charge in [0.1, 0.15) is 11.5 Å². The second-order valence-electron chi connectivity index (χ2n) is 13.2. The van der Waals surface area contributed by atoms with E-state index in [9.17, 15) is 0 Å². The summed E-state index contributed by atoms with van der Waals surface area (Å²) in [5, 5.41) is 2.61. The molecule has 10 rings (SSSR count). The number of fused-ring (bicyclic) bond motifs is 14. The van der Waals surface area contributed by atoms with Crippen molar-refractivity contribution in [2.75, 3.05) is 0 Å². The first-order valence-corrected chi connectivity index (χ1v) is 15.9. The molecular weight excluding hydrogens is 544 g/mol. The summed E-state index contributed by atoms with van der Waals surface area (Å²) in [6.07, 6.45) is 0. The van der Waals surface area contributed by atoms with Crippen LogP contribution in [0, 0.1) is 0 Å². The minimum Gasteiger partial charge on any atom is -0.456 e. The summed E-state index contributed by atoms with van der Waals surface area (Å²) in [7, 11) is 0. The maximum absolute atomic E-state index is 6.97. The van der Waals surface area contributed by atoms with Gasteiger partial charge in [0, 0.05) is 22.1 Å². The Balaban J connectivity index is 1.24. The van der Waals surface area contributed by atoms with E-state index in [1.54, 1.807) is 0 Å². The van der Waals surface area contributed by atoms with Gasteiger partial charge in [-0.15, -0.1) is 0 Å². The molecule has 0 saturated heterocycles. The van der Waals surface area contributed by atoms with Gasteiger partial charge < -0.3 is 4.74 Å². The van der Waals surface area contributed by atoms with Crippen molar-refractivity contribution in [2.45, 2.75) is 24.7 Å². The van der Waals surface area contributed by atoms with Crippen molar-refractivity contribution in [2.24, 2.45) is 0 Å². The molecule has 1 aliphatic heterocycles. The summed E-state index contributed by atoms with van der Waals surface area (Å²) in [5.74, 6) is 1.87. The molecule has 0 atom stereocenters. The lowest BCUT2D eigenvalue weighted by Crippen LogP contribution is -2.32. The molecule has 0 bridgehead atoms. The Kier molecular flexibility index (Phi) is 4.78. The van der Waals surface area contributed by atoms with Crippen LogP contribution in [-0.2, 0) is 10.8 Å². The SMILES string of the molecule is CC1(C)c2cc(-c3cccc4c3Oc3ccccc3C43c4ccccc4-c4ccccc43)ccc2-c2c1ccc1ccccc21. The fourth-order valence-electron chi connectivity index (χ4n) is 8.78. The minimum atomic E-state index is -0.460. The van der Waals surface area contributed by atoms with E-state index < -0.39 is 5.41 Å². The van der Waals surface area contributed by atoms with Gasteiger partial charge in [0.2, 0.25) is 0 Å². The Morgan fingerprint density at radius 1 is 0.444 bits per heavy atom. The van der Waals surface area contributed by atoms with Crippen LogP contribution in [0.25, 0.3) is 44.2 Å². The molecule has 0 fully saturated rings. The Labute approximate surface area is 263 Å². The quantitative estimate of drug-likeness (QED) is 0.189. The lowest BCUT2D eigenvalue weighted by molar-refractivity contribution is 0.438. The van der Waals surface area contributed by atoms with Gasteiger partial charge in [0.15, 0.2) is 0 Å². The van der Waals surface area contributed by atoms with Crippen molar-refractivity contribution >= 4 is 10.8 Å². The molecule has 2 aliphatic carbocycles. The highest BCUT2D eigenvalue weighted by Crippen LogP contribution is 2.63. The molecule has 0 unspecified atom stereocenters. The van der Waals surface area contributed by atoms with Gasteiger partial charge in [-0.1, -0.05) is 147 Å². The van der Waals surface area contributed by atoms with Gasteiger partial charge in [-0.05, 0) is 73.0 Å². The van der Waals surface area contributed by atoms with Crippen molar-refractivity contribution in [1.82, 2.24) is 0 Å². The van der Waals surface area contributed by atoms with Crippen LogP contribution in [0.15, 0.2) is 146 Å². The molecule has 212 valence electrons. The molecule has 0 aromatic heterocycles. The van der Waals surface area contributed by atoms with Gasteiger partial charge in [0.05, 0.1) is 5.41 Å². The van der Waals surface area contributed by atoms with Crippen LogP contribution in [-0.4, -0.2) is 0 Å². The monoisotopic (exact) mass is 574 g/mol. The van der Waals surface area contributed by atoms with Gasteiger partial charge in [-0.3, -0.25) is 0 Å². The maximum Gasteiger partial charge on any atom is 0.140 e. The van der Waals surface area contributed by atoms with Crippen molar-refractivity contribution in [1.29, 1.82) is 0 Å². The van der Waals surface area contributed by atoms with Crippen LogP contribution < -0.4 is 4.74 Å². The normalized spacial score (nSPS) is 15.4. The second-order valence-corrected chi connectivity index (χ2v) is 13.2. The van der Waals surface area contributed by atoms with Gasteiger partial charge in [-0.2, -0.15) is 0 Å². The third kappa shape index (κ3) is 3.03. The Morgan fingerprint density at radius 2 is 1.09 bits per heavy atom. The fourth-order valence-corrected chi connectivity index (χ4v) is 8.78. The summed E-state index contributed by atoms with van der Waals surface area (Å²) < 4.78 is 6.97.